The summed E-state index contributed by atoms with van der Waals surface area (Å²) in [6.07, 6.45) is -2.73. The number of carbonyl (C=O) groups is 1. The van der Waals surface area contributed by atoms with Crippen LogP contribution < -0.4 is 4.90 Å². The van der Waals surface area contributed by atoms with Crippen LogP contribution in [0.3, 0.4) is 0 Å². The Kier molecular flexibility index (Phi) is 8.21. The lowest BCUT2D eigenvalue weighted by Gasteiger charge is -2.48. The molecule has 0 saturated carbocycles. The number of aliphatic hydroxyl groups excluding tert-OH is 4. The van der Waals surface area contributed by atoms with Crippen LogP contribution in [0, 0.1) is 5.92 Å². The van der Waals surface area contributed by atoms with Gasteiger partial charge >= 0.3 is 0 Å². The average molecular weight is 518 g/mol. The van der Waals surface area contributed by atoms with Crippen LogP contribution in [0.25, 0.3) is 0 Å². The minimum atomic E-state index is -1.39. The second-order valence-corrected chi connectivity index (χ2v) is 10.3. The summed E-state index contributed by atoms with van der Waals surface area (Å²) < 4.78 is 5.67. The van der Waals surface area contributed by atoms with Gasteiger partial charge in [0.15, 0.2) is 0 Å². The molecule has 0 aromatic heterocycles. The van der Waals surface area contributed by atoms with Gasteiger partial charge in [-0.05, 0) is 48.1 Å². The molecule has 5 rings (SSSR count). The highest BCUT2D eigenvalue weighted by Gasteiger charge is 2.48. The smallest absolute Gasteiger partial charge is 0.233 e. The first-order valence-corrected chi connectivity index (χ1v) is 13.3. The summed E-state index contributed by atoms with van der Waals surface area (Å²) in [4.78, 5) is 15.2. The molecule has 2 saturated heterocycles. The first kappa shape index (κ1) is 26.5. The molecule has 0 radical (unpaired) electrons. The minimum Gasteiger partial charge on any atom is -0.394 e. The Morgan fingerprint density at radius 2 is 1.37 bits per heavy atom. The Morgan fingerprint density at radius 1 is 0.737 bits per heavy atom. The molecule has 7 atom stereocenters. The van der Waals surface area contributed by atoms with Crippen LogP contribution in [0.4, 0.5) is 5.69 Å². The first-order chi connectivity index (χ1) is 18.5. The molecule has 200 valence electrons. The number of hydrogen-bond donors (Lipinski definition) is 4. The number of rotatable bonds is 9. The summed E-state index contributed by atoms with van der Waals surface area (Å²) in [6, 6.07) is 27.9. The molecule has 3 aromatic carbocycles. The summed E-state index contributed by atoms with van der Waals surface area (Å²) in [6.45, 7) is -0.447. The molecular weight excluding hydrogens is 482 g/mol. The van der Waals surface area contributed by atoms with E-state index in [0.29, 0.717) is 6.42 Å². The van der Waals surface area contributed by atoms with Crippen molar-refractivity contribution in [3.05, 3.63) is 102 Å². The van der Waals surface area contributed by atoms with Gasteiger partial charge in [-0.15, -0.1) is 0 Å². The summed E-state index contributed by atoms with van der Waals surface area (Å²) in [5.74, 6) is 0.0369. The lowest BCUT2D eigenvalue weighted by molar-refractivity contribution is -0.228. The normalized spacial score (nSPS) is 29.2. The monoisotopic (exact) mass is 517 g/mol. The van der Waals surface area contributed by atoms with Crippen LogP contribution in [-0.2, 0) is 22.4 Å². The molecule has 2 heterocycles. The highest BCUT2D eigenvalue weighted by atomic mass is 16.5. The van der Waals surface area contributed by atoms with Crippen molar-refractivity contribution in [2.75, 3.05) is 11.5 Å². The fraction of sp³-hybridized carbons (Fsp3) is 0.387. The van der Waals surface area contributed by atoms with Crippen LogP contribution in [0.15, 0.2) is 84.9 Å². The molecule has 7 nitrogen and oxygen atoms in total. The fourth-order valence-electron chi connectivity index (χ4n) is 5.69. The molecule has 2 fully saturated rings. The van der Waals surface area contributed by atoms with Gasteiger partial charge in [-0.1, -0.05) is 72.8 Å². The van der Waals surface area contributed by atoms with Gasteiger partial charge in [-0.3, -0.25) is 4.79 Å². The van der Waals surface area contributed by atoms with E-state index >= 15 is 0 Å². The maximum absolute atomic E-state index is 13.3. The highest BCUT2D eigenvalue weighted by Crippen LogP contribution is 2.45. The van der Waals surface area contributed by atoms with E-state index in [0.717, 1.165) is 36.1 Å². The van der Waals surface area contributed by atoms with Crippen molar-refractivity contribution >= 4 is 11.6 Å². The minimum absolute atomic E-state index is 0.0676. The highest BCUT2D eigenvalue weighted by molar-refractivity contribution is 6.03. The third kappa shape index (κ3) is 5.39. The zero-order valence-corrected chi connectivity index (χ0v) is 21.2. The Labute approximate surface area is 222 Å². The number of β-lactam (4-membered cyclic amide) rings is 1. The van der Waals surface area contributed by atoms with Crippen molar-refractivity contribution in [3.8, 4) is 0 Å². The predicted octanol–water partition coefficient (Wildman–Crippen LogP) is 2.80. The summed E-state index contributed by atoms with van der Waals surface area (Å²) in [5.41, 5.74) is 4.08. The van der Waals surface area contributed by atoms with Crippen molar-refractivity contribution in [2.24, 2.45) is 5.92 Å². The topological polar surface area (TPSA) is 110 Å². The van der Waals surface area contributed by atoms with Gasteiger partial charge < -0.3 is 30.1 Å². The molecule has 2 aliphatic heterocycles. The number of carbonyl (C=O) groups excluding carboxylic acids is 1. The van der Waals surface area contributed by atoms with Crippen molar-refractivity contribution in [3.63, 3.8) is 0 Å². The van der Waals surface area contributed by atoms with Crippen molar-refractivity contribution in [2.45, 2.75) is 62.2 Å². The van der Waals surface area contributed by atoms with E-state index in [4.69, 9.17) is 4.74 Å². The second kappa shape index (κ2) is 11.8. The van der Waals surface area contributed by atoms with Gasteiger partial charge in [-0.25, -0.2) is 0 Å². The van der Waals surface area contributed by atoms with Gasteiger partial charge in [0.25, 0.3) is 0 Å². The van der Waals surface area contributed by atoms with Gasteiger partial charge in [-0.2, -0.15) is 0 Å². The van der Waals surface area contributed by atoms with Crippen molar-refractivity contribution in [1.82, 2.24) is 0 Å². The van der Waals surface area contributed by atoms with Gasteiger partial charge in [0.05, 0.1) is 24.7 Å². The van der Waals surface area contributed by atoms with Crippen LogP contribution in [0.2, 0.25) is 0 Å². The Hall–Kier alpha value is -3.07. The number of anilines is 1. The van der Waals surface area contributed by atoms with Gasteiger partial charge in [0, 0.05) is 12.1 Å². The number of benzene rings is 3. The quantitative estimate of drug-likeness (QED) is 0.325. The zero-order chi connectivity index (χ0) is 26.6. The predicted molar refractivity (Wildman–Crippen MR) is 143 cm³/mol. The molecule has 38 heavy (non-hydrogen) atoms. The van der Waals surface area contributed by atoms with Crippen LogP contribution >= 0.6 is 0 Å². The molecule has 4 N–H and O–H groups in total. The van der Waals surface area contributed by atoms with Gasteiger partial charge in [0.1, 0.15) is 24.4 Å². The van der Waals surface area contributed by atoms with Crippen molar-refractivity contribution < 1.29 is 30.0 Å². The SMILES string of the molecule is O=C1C(CCCc2ccccc2)[C@@H](c2ccc(C[C@@H]3O[C@H](CO)[C@@H](O)[C@H](O)[C@H]3O)cc2)N1c1ccccc1. The van der Waals surface area contributed by atoms with E-state index in [1.807, 2.05) is 77.7 Å². The Morgan fingerprint density at radius 3 is 2.03 bits per heavy atom. The van der Waals surface area contributed by atoms with Gasteiger partial charge in [0.2, 0.25) is 5.91 Å². The van der Waals surface area contributed by atoms with E-state index in [-0.39, 0.29) is 17.9 Å². The first-order valence-electron chi connectivity index (χ1n) is 13.3. The maximum atomic E-state index is 13.3. The number of amides is 1. The third-order valence-electron chi connectivity index (χ3n) is 7.82. The summed E-state index contributed by atoms with van der Waals surface area (Å²) >= 11 is 0. The molecule has 2 aliphatic rings. The van der Waals surface area contributed by atoms with Crippen molar-refractivity contribution in [1.29, 1.82) is 0 Å². The summed E-state index contributed by atoms with van der Waals surface area (Å²) in [5, 5.41) is 40.0. The lowest BCUT2D eigenvalue weighted by atomic mass is 9.78. The largest absolute Gasteiger partial charge is 0.394 e. The second-order valence-electron chi connectivity index (χ2n) is 10.3. The number of aliphatic hydroxyl groups is 4. The molecule has 1 unspecified atom stereocenters. The number of ether oxygens (including phenoxy) is 1. The molecule has 0 bridgehead atoms. The standard InChI is InChI=1S/C31H35NO6/c33-19-26-29(35)30(36)28(34)25(38-26)18-21-14-16-22(17-15-21)27-24(13-7-10-20-8-3-1-4-9-20)31(37)32(27)23-11-5-2-6-12-23/h1-6,8-9,11-12,14-17,24-30,33-36H,7,10,13,18-19H2/t24?,25-,26+,27+,28-,29+,30+/m0/s1. The molecule has 0 aliphatic carbocycles. The number of para-hydroxylation sites is 1. The number of hydrogen-bond acceptors (Lipinski definition) is 6. The zero-order valence-electron chi connectivity index (χ0n) is 21.2. The lowest BCUT2D eigenvalue weighted by Crippen LogP contribution is -2.59. The third-order valence-corrected chi connectivity index (χ3v) is 7.82. The van der Waals surface area contributed by atoms with Crippen LogP contribution in [0.5, 0.6) is 0 Å². The maximum Gasteiger partial charge on any atom is 0.233 e. The number of aryl methyl sites for hydroxylation is 1. The average Bonchev–Trinajstić information content (AvgIpc) is 2.95. The molecule has 0 spiro atoms. The fourth-order valence-corrected chi connectivity index (χ4v) is 5.69. The van der Waals surface area contributed by atoms with E-state index in [2.05, 4.69) is 12.1 Å². The van der Waals surface area contributed by atoms with E-state index in [1.54, 1.807) is 0 Å². The van der Waals surface area contributed by atoms with E-state index < -0.39 is 37.1 Å². The van der Waals surface area contributed by atoms with E-state index in [9.17, 15) is 25.2 Å². The molecular formula is C31H35NO6. The van der Waals surface area contributed by atoms with Crippen LogP contribution in [0.1, 0.15) is 35.6 Å². The Bertz CT molecular complexity index is 1190. The van der Waals surface area contributed by atoms with Crippen LogP contribution in [-0.4, -0.2) is 63.5 Å². The summed E-state index contributed by atoms with van der Waals surface area (Å²) in [7, 11) is 0. The number of nitrogens with zero attached hydrogens (tertiary/aromatic N) is 1. The van der Waals surface area contributed by atoms with E-state index in [1.165, 1.54) is 5.56 Å². The molecule has 7 heteroatoms. The molecule has 1 amide bonds. The molecule has 3 aromatic rings. The Balaban J connectivity index is 1.31.